The third-order valence-electron chi connectivity index (χ3n) is 4.15. The SMILES string of the molecule is CCOc1cc(CNCc2ccccc2Cl)ccc1OCc1ccccc1.Cl. The van der Waals surface area contributed by atoms with Crippen LogP contribution in [0.4, 0.5) is 0 Å². The van der Waals surface area contributed by atoms with Gasteiger partial charge in [-0.1, -0.05) is 66.2 Å². The molecule has 3 nitrogen and oxygen atoms in total. The van der Waals surface area contributed by atoms with Crippen LogP contribution in [-0.2, 0) is 19.7 Å². The van der Waals surface area contributed by atoms with Gasteiger partial charge < -0.3 is 14.8 Å². The molecule has 0 spiro atoms. The molecule has 0 heterocycles. The maximum Gasteiger partial charge on any atom is 0.161 e. The van der Waals surface area contributed by atoms with E-state index >= 15 is 0 Å². The van der Waals surface area contributed by atoms with Crippen LogP contribution in [-0.4, -0.2) is 6.61 Å². The Hall–Kier alpha value is -2.20. The Morgan fingerprint density at radius 3 is 2.29 bits per heavy atom. The van der Waals surface area contributed by atoms with Gasteiger partial charge in [-0.15, -0.1) is 12.4 Å². The lowest BCUT2D eigenvalue weighted by atomic mass is 10.1. The van der Waals surface area contributed by atoms with Crippen LogP contribution in [0.1, 0.15) is 23.6 Å². The van der Waals surface area contributed by atoms with Gasteiger partial charge in [0.1, 0.15) is 6.61 Å². The molecule has 0 saturated heterocycles. The van der Waals surface area contributed by atoms with Gasteiger partial charge >= 0.3 is 0 Å². The molecule has 0 saturated carbocycles. The fourth-order valence-corrected chi connectivity index (χ4v) is 2.97. The van der Waals surface area contributed by atoms with E-state index in [0.717, 1.165) is 46.3 Å². The standard InChI is InChI=1S/C23H24ClNO2.ClH/c1-2-26-23-14-19(15-25-16-20-10-6-7-11-21(20)24)12-13-22(23)27-17-18-8-4-3-5-9-18;/h3-14,25H,2,15-17H2,1H3;1H. The van der Waals surface area contributed by atoms with Crippen LogP contribution in [0.2, 0.25) is 5.02 Å². The number of rotatable bonds is 9. The van der Waals surface area contributed by atoms with Crippen LogP contribution in [0.25, 0.3) is 0 Å². The molecule has 0 aromatic heterocycles. The summed E-state index contributed by atoms with van der Waals surface area (Å²) in [6.07, 6.45) is 0. The summed E-state index contributed by atoms with van der Waals surface area (Å²) < 4.78 is 11.7. The first-order chi connectivity index (χ1) is 13.3. The number of hydrogen-bond donors (Lipinski definition) is 1. The van der Waals surface area contributed by atoms with E-state index in [4.69, 9.17) is 21.1 Å². The van der Waals surface area contributed by atoms with Gasteiger partial charge in [0.25, 0.3) is 0 Å². The highest BCUT2D eigenvalue weighted by molar-refractivity contribution is 6.31. The van der Waals surface area contributed by atoms with E-state index < -0.39 is 0 Å². The summed E-state index contributed by atoms with van der Waals surface area (Å²) in [5.41, 5.74) is 3.36. The molecule has 28 heavy (non-hydrogen) atoms. The topological polar surface area (TPSA) is 30.5 Å². The monoisotopic (exact) mass is 417 g/mol. The number of halogens is 2. The van der Waals surface area contributed by atoms with Crippen molar-refractivity contribution in [3.63, 3.8) is 0 Å². The summed E-state index contributed by atoms with van der Waals surface area (Å²) in [6.45, 7) is 4.53. The molecule has 3 aromatic carbocycles. The summed E-state index contributed by atoms with van der Waals surface area (Å²) in [7, 11) is 0. The first kappa shape index (κ1) is 22.1. The van der Waals surface area contributed by atoms with Crippen molar-refractivity contribution in [3.8, 4) is 11.5 Å². The van der Waals surface area contributed by atoms with Gasteiger partial charge in [-0.3, -0.25) is 0 Å². The van der Waals surface area contributed by atoms with Crippen molar-refractivity contribution in [2.24, 2.45) is 0 Å². The summed E-state index contributed by atoms with van der Waals surface area (Å²) in [6, 6.07) is 24.0. The van der Waals surface area contributed by atoms with Crippen molar-refractivity contribution >= 4 is 24.0 Å². The van der Waals surface area contributed by atoms with Crippen LogP contribution in [0.3, 0.4) is 0 Å². The summed E-state index contributed by atoms with van der Waals surface area (Å²) >= 11 is 6.20. The van der Waals surface area contributed by atoms with Gasteiger partial charge in [-0.05, 0) is 41.8 Å². The molecule has 0 aliphatic rings. The van der Waals surface area contributed by atoms with Gasteiger partial charge in [-0.2, -0.15) is 0 Å². The Balaban J connectivity index is 0.00000280. The van der Waals surface area contributed by atoms with Crippen LogP contribution in [0.5, 0.6) is 11.5 Å². The number of ether oxygens (including phenoxy) is 2. The highest BCUT2D eigenvalue weighted by Gasteiger charge is 2.07. The lowest BCUT2D eigenvalue weighted by Crippen LogP contribution is -2.13. The van der Waals surface area contributed by atoms with Crippen LogP contribution < -0.4 is 14.8 Å². The third kappa shape index (κ3) is 6.45. The third-order valence-corrected chi connectivity index (χ3v) is 4.52. The van der Waals surface area contributed by atoms with Gasteiger partial charge in [0.05, 0.1) is 6.61 Å². The zero-order valence-corrected chi connectivity index (χ0v) is 17.4. The Morgan fingerprint density at radius 2 is 1.54 bits per heavy atom. The van der Waals surface area contributed by atoms with Gasteiger partial charge in [-0.25, -0.2) is 0 Å². The van der Waals surface area contributed by atoms with Crippen molar-refractivity contribution in [3.05, 3.63) is 94.5 Å². The lowest BCUT2D eigenvalue weighted by Gasteiger charge is -2.14. The van der Waals surface area contributed by atoms with Gasteiger partial charge in [0.2, 0.25) is 0 Å². The molecule has 0 fully saturated rings. The highest BCUT2D eigenvalue weighted by Crippen LogP contribution is 2.29. The second kappa shape index (κ2) is 11.6. The van der Waals surface area contributed by atoms with Crippen LogP contribution in [0, 0.1) is 0 Å². The molecular weight excluding hydrogens is 393 g/mol. The molecule has 1 N–H and O–H groups in total. The van der Waals surface area contributed by atoms with Gasteiger partial charge in [0.15, 0.2) is 11.5 Å². The minimum absolute atomic E-state index is 0. The predicted octanol–water partition coefficient (Wildman–Crippen LogP) is 6.03. The lowest BCUT2D eigenvalue weighted by molar-refractivity contribution is 0.269. The summed E-state index contributed by atoms with van der Waals surface area (Å²) in [5, 5.41) is 4.21. The zero-order valence-electron chi connectivity index (χ0n) is 15.9. The van der Waals surface area contributed by atoms with Crippen molar-refractivity contribution in [1.29, 1.82) is 0 Å². The second-order valence-corrected chi connectivity index (χ2v) is 6.59. The van der Waals surface area contributed by atoms with Crippen LogP contribution >= 0.6 is 24.0 Å². The quantitative estimate of drug-likeness (QED) is 0.460. The van der Waals surface area contributed by atoms with Crippen LogP contribution in [0.15, 0.2) is 72.8 Å². The van der Waals surface area contributed by atoms with E-state index in [1.54, 1.807) is 0 Å². The van der Waals surface area contributed by atoms with Crippen molar-refractivity contribution in [1.82, 2.24) is 5.32 Å². The summed E-state index contributed by atoms with van der Waals surface area (Å²) in [4.78, 5) is 0. The zero-order chi connectivity index (χ0) is 18.9. The maximum atomic E-state index is 6.20. The number of nitrogens with one attached hydrogen (secondary N) is 1. The Labute approximate surface area is 178 Å². The largest absolute Gasteiger partial charge is 0.490 e. The van der Waals surface area contributed by atoms with Crippen molar-refractivity contribution in [2.45, 2.75) is 26.6 Å². The van der Waals surface area contributed by atoms with E-state index in [2.05, 4.69) is 11.4 Å². The average Bonchev–Trinajstić information content (AvgIpc) is 2.70. The first-order valence-corrected chi connectivity index (χ1v) is 9.50. The Bertz CT molecular complexity index is 856. The summed E-state index contributed by atoms with van der Waals surface area (Å²) in [5.74, 6) is 1.53. The molecule has 3 rings (SSSR count). The Kier molecular flexibility index (Phi) is 9.15. The van der Waals surface area contributed by atoms with Crippen molar-refractivity contribution < 1.29 is 9.47 Å². The minimum Gasteiger partial charge on any atom is -0.490 e. The number of benzene rings is 3. The molecule has 0 radical (unpaired) electrons. The first-order valence-electron chi connectivity index (χ1n) is 9.13. The van der Waals surface area contributed by atoms with E-state index in [1.807, 2.05) is 73.7 Å². The van der Waals surface area contributed by atoms with E-state index in [1.165, 1.54) is 0 Å². The van der Waals surface area contributed by atoms with E-state index in [0.29, 0.717) is 13.2 Å². The molecule has 5 heteroatoms. The molecule has 0 unspecified atom stereocenters. The molecule has 0 atom stereocenters. The molecule has 0 aliphatic heterocycles. The Morgan fingerprint density at radius 1 is 0.786 bits per heavy atom. The minimum atomic E-state index is 0. The fourth-order valence-electron chi connectivity index (χ4n) is 2.77. The smallest absolute Gasteiger partial charge is 0.161 e. The van der Waals surface area contributed by atoms with Gasteiger partial charge in [0, 0.05) is 18.1 Å². The van der Waals surface area contributed by atoms with E-state index in [9.17, 15) is 0 Å². The average molecular weight is 418 g/mol. The number of hydrogen-bond acceptors (Lipinski definition) is 3. The second-order valence-electron chi connectivity index (χ2n) is 6.18. The predicted molar refractivity (Wildman–Crippen MR) is 118 cm³/mol. The maximum absolute atomic E-state index is 6.20. The normalized spacial score (nSPS) is 10.2. The highest BCUT2D eigenvalue weighted by atomic mass is 35.5. The van der Waals surface area contributed by atoms with E-state index in [-0.39, 0.29) is 12.4 Å². The molecule has 3 aromatic rings. The molecule has 0 amide bonds. The molecule has 148 valence electrons. The molecular formula is C23H25Cl2NO2. The molecule has 0 aliphatic carbocycles. The van der Waals surface area contributed by atoms with Crippen molar-refractivity contribution in [2.75, 3.05) is 6.61 Å². The fraction of sp³-hybridized carbons (Fsp3) is 0.217. The molecule has 0 bridgehead atoms.